The second kappa shape index (κ2) is 9.67. The number of carbonyl (C=O) groups is 2. The molecule has 1 aliphatic rings. The molecule has 0 N–H and O–H groups in total. The fourth-order valence-corrected chi connectivity index (χ4v) is 3.91. The average Bonchev–Trinajstić information content (AvgIpc) is 3.48. The van der Waals surface area contributed by atoms with Crippen LogP contribution in [0.15, 0.2) is 12.3 Å². The number of halogens is 4. The molecule has 1 saturated carbocycles. The Bertz CT molecular complexity index is 940. The van der Waals surface area contributed by atoms with Gasteiger partial charge in [0.1, 0.15) is 24.2 Å². The number of ether oxygens (including phenoxy) is 2. The van der Waals surface area contributed by atoms with Crippen LogP contribution in [0.5, 0.6) is 5.75 Å². The first-order chi connectivity index (χ1) is 14.3. The van der Waals surface area contributed by atoms with E-state index in [0.29, 0.717) is 12.8 Å². The summed E-state index contributed by atoms with van der Waals surface area (Å²) in [5.74, 6) is -1.18. The number of sulfonamides is 1. The Morgan fingerprint density at radius 2 is 1.97 bits per heavy atom. The van der Waals surface area contributed by atoms with Crippen LogP contribution in [0.2, 0.25) is 5.15 Å². The third-order valence-electron chi connectivity index (χ3n) is 4.35. The molecule has 1 unspecified atom stereocenters. The molecule has 1 aromatic rings. The Morgan fingerprint density at radius 3 is 2.45 bits per heavy atom. The molecule has 0 aliphatic heterocycles. The lowest BCUT2D eigenvalue weighted by Gasteiger charge is -2.28. The van der Waals surface area contributed by atoms with Crippen molar-refractivity contribution in [3.63, 3.8) is 0 Å². The number of carbonyl (C=O) groups excluding carboxylic acids is 2. The van der Waals surface area contributed by atoms with Crippen LogP contribution in [0.4, 0.5) is 13.2 Å². The maximum absolute atomic E-state index is 12.9. The third kappa shape index (κ3) is 5.84. The van der Waals surface area contributed by atoms with E-state index in [-0.39, 0.29) is 26.8 Å². The van der Waals surface area contributed by atoms with Crippen molar-refractivity contribution in [2.24, 2.45) is 0 Å². The molecule has 31 heavy (non-hydrogen) atoms. The maximum atomic E-state index is 12.9. The van der Waals surface area contributed by atoms with Gasteiger partial charge in [-0.15, -0.1) is 0 Å². The Morgan fingerprint density at radius 1 is 1.35 bits per heavy atom. The van der Waals surface area contributed by atoms with Crippen molar-refractivity contribution in [2.45, 2.75) is 44.3 Å². The molecule has 0 spiro atoms. The van der Waals surface area contributed by atoms with Crippen molar-refractivity contribution >= 4 is 33.4 Å². The highest BCUT2D eigenvalue weighted by atomic mass is 35.5. The molecular formula is C17H21ClF3N3O6S. The Balaban J connectivity index is 2.19. The second-order valence-corrected chi connectivity index (χ2v) is 9.09. The van der Waals surface area contributed by atoms with Crippen molar-refractivity contribution < 1.29 is 40.7 Å². The first kappa shape index (κ1) is 25.3. The molecule has 0 radical (unpaired) electrons. The van der Waals surface area contributed by atoms with E-state index in [1.165, 1.54) is 19.9 Å². The number of imide groups is 1. The Hall–Kier alpha value is -1.96. The van der Waals surface area contributed by atoms with Gasteiger partial charge in [-0.05, 0) is 25.8 Å². The molecule has 1 aliphatic carbocycles. The molecule has 174 valence electrons. The standard InChI is InChI=1S/C17H21ClF3N3O6S/c1-10(23(9-29-3)31(27,28)17(19,20)21)8-30-13-6-14(15(18)22-7-13)16(26)24(11(2)25)12-4-5-12/h6-7,10,12H,4-5,8-9H2,1-3H3. The van der Waals surface area contributed by atoms with Gasteiger partial charge in [-0.1, -0.05) is 11.6 Å². The third-order valence-corrected chi connectivity index (χ3v) is 6.32. The highest BCUT2D eigenvalue weighted by molar-refractivity contribution is 7.90. The van der Waals surface area contributed by atoms with Gasteiger partial charge < -0.3 is 9.47 Å². The lowest BCUT2D eigenvalue weighted by atomic mass is 10.2. The number of aromatic nitrogens is 1. The number of hydrogen-bond acceptors (Lipinski definition) is 7. The minimum atomic E-state index is -5.66. The van der Waals surface area contributed by atoms with Crippen LogP contribution in [-0.4, -0.2) is 72.5 Å². The van der Waals surface area contributed by atoms with E-state index in [2.05, 4.69) is 9.72 Å². The number of rotatable bonds is 9. The van der Waals surface area contributed by atoms with Crippen LogP contribution < -0.4 is 4.74 Å². The van der Waals surface area contributed by atoms with E-state index >= 15 is 0 Å². The van der Waals surface area contributed by atoms with Gasteiger partial charge in [-0.2, -0.15) is 17.5 Å². The SMILES string of the molecule is COCN(C(C)COc1cnc(Cl)c(C(=O)N(C(C)=O)C2CC2)c1)S(=O)(=O)C(F)(F)F. The Kier molecular flexibility index (Phi) is 7.89. The molecule has 0 aromatic carbocycles. The summed E-state index contributed by atoms with van der Waals surface area (Å²) >= 11 is 5.97. The summed E-state index contributed by atoms with van der Waals surface area (Å²) in [4.78, 5) is 29.4. The summed E-state index contributed by atoms with van der Waals surface area (Å²) in [6.07, 6.45) is 2.47. The van der Waals surface area contributed by atoms with Gasteiger partial charge >= 0.3 is 15.5 Å². The molecule has 1 aromatic heterocycles. The van der Waals surface area contributed by atoms with E-state index in [1.54, 1.807) is 0 Å². The van der Waals surface area contributed by atoms with Gasteiger partial charge in [0.15, 0.2) is 0 Å². The maximum Gasteiger partial charge on any atom is 0.511 e. The summed E-state index contributed by atoms with van der Waals surface area (Å²) < 4.78 is 72.3. The van der Waals surface area contributed by atoms with Gasteiger partial charge in [0.05, 0.1) is 17.8 Å². The zero-order valence-corrected chi connectivity index (χ0v) is 18.4. The molecule has 0 saturated heterocycles. The molecule has 14 heteroatoms. The highest BCUT2D eigenvalue weighted by Gasteiger charge is 2.51. The Labute approximate surface area is 182 Å². The summed E-state index contributed by atoms with van der Waals surface area (Å²) in [5.41, 5.74) is -5.63. The number of pyridine rings is 1. The van der Waals surface area contributed by atoms with Gasteiger partial charge in [-0.3, -0.25) is 14.5 Å². The van der Waals surface area contributed by atoms with Crippen LogP contribution in [-0.2, 0) is 19.6 Å². The van der Waals surface area contributed by atoms with E-state index in [4.69, 9.17) is 16.3 Å². The molecule has 1 heterocycles. The van der Waals surface area contributed by atoms with E-state index in [0.717, 1.165) is 18.2 Å². The monoisotopic (exact) mass is 487 g/mol. The zero-order valence-electron chi connectivity index (χ0n) is 16.8. The van der Waals surface area contributed by atoms with Crippen molar-refractivity contribution in [2.75, 3.05) is 20.4 Å². The molecule has 1 atom stereocenters. The number of nitrogens with zero attached hydrogens (tertiary/aromatic N) is 3. The quantitative estimate of drug-likeness (QED) is 0.389. The summed E-state index contributed by atoms with van der Waals surface area (Å²) in [5, 5.41) is -0.182. The number of hydrogen-bond donors (Lipinski definition) is 0. The fraction of sp³-hybridized carbons (Fsp3) is 0.588. The van der Waals surface area contributed by atoms with Gasteiger partial charge in [0.2, 0.25) is 5.91 Å². The highest BCUT2D eigenvalue weighted by Crippen LogP contribution is 2.31. The van der Waals surface area contributed by atoms with Crippen molar-refractivity contribution in [3.8, 4) is 5.75 Å². The fourth-order valence-electron chi connectivity index (χ4n) is 2.68. The van der Waals surface area contributed by atoms with Crippen LogP contribution >= 0.6 is 11.6 Å². The van der Waals surface area contributed by atoms with Crippen molar-refractivity contribution in [1.29, 1.82) is 0 Å². The first-order valence-electron chi connectivity index (χ1n) is 9.00. The number of methoxy groups -OCH3 is 1. The van der Waals surface area contributed by atoms with Crippen molar-refractivity contribution in [3.05, 3.63) is 23.0 Å². The summed E-state index contributed by atoms with van der Waals surface area (Å²) in [7, 11) is -4.61. The molecule has 9 nitrogen and oxygen atoms in total. The predicted molar refractivity (Wildman–Crippen MR) is 103 cm³/mol. The lowest BCUT2D eigenvalue weighted by molar-refractivity contribution is -0.126. The zero-order chi connectivity index (χ0) is 23.6. The van der Waals surface area contributed by atoms with Crippen molar-refractivity contribution in [1.82, 2.24) is 14.2 Å². The number of alkyl halides is 3. The average molecular weight is 488 g/mol. The molecule has 0 bridgehead atoms. The minimum Gasteiger partial charge on any atom is -0.490 e. The smallest absolute Gasteiger partial charge is 0.490 e. The minimum absolute atomic E-state index is 0.0410. The van der Waals surface area contributed by atoms with Gasteiger partial charge in [0, 0.05) is 20.1 Å². The normalized spacial score (nSPS) is 15.6. The lowest BCUT2D eigenvalue weighted by Crippen LogP contribution is -2.48. The molecule has 2 amide bonds. The largest absolute Gasteiger partial charge is 0.511 e. The van der Waals surface area contributed by atoms with Crippen LogP contribution in [0.1, 0.15) is 37.0 Å². The van der Waals surface area contributed by atoms with Crippen LogP contribution in [0.3, 0.4) is 0 Å². The van der Waals surface area contributed by atoms with Gasteiger partial charge in [-0.25, -0.2) is 13.4 Å². The van der Waals surface area contributed by atoms with Crippen LogP contribution in [0.25, 0.3) is 0 Å². The van der Waals surface area contributed by atoms with Crippen LogP contribution in [0, 0.1) is 0 Å². The summed E-state index contributed by atoms with van der Waals surface area (Å²) in [6, 6.07) is -0.302. The molecule has 2 rings (SSSR count). The topological polar surface area (TPSA) is 106 Å². The number of amides is 2. The summed E-state index contributed by atoms with van der Waals surface area (Å²) in [6.45, 7) is 1.09. The molecule has 1 fully saturated rings. The first-order valence-corrected chi connectivity index (χ1v) is 10.8. The molecular weight excluding hydrogens is 467 g/mol. The predicted octanol–water partition coefficient (Wildman–Crippen LogP) is 2.41. The van der Waals surface area contributed by atoms with Gasteiger partial charge in [0.25, 0.3) is 5.91 Å². The van der Waals surface area contributed by atoms with E-state index < -0.39 is 46.7 Å². The second-order valence-electron chi connectivity index (χ2n) is 6.85. The van der Waals surface area contributed by atoms with E-state index in [1.807, 2.05) is 0 Å². The van der Waals surface area contributed by atoms with E-state index in [9.17, 15) is 31.2 Å².